The van der Waals surface area contributed by atoms with Crippen LogP contribution in [0.3, 0.4) is 0 Å². The van der Waals surface area contributed by atoms with Crippen LogP contribution in [0.4, 0.5) is 5.88 Å². The number of aryl methyl sites for hydroxylation is 1. The van der Waals surface area contributed by atoms with E-state index in [9.17, 15) is 14.9 Å². The first-order chi connectivity index (χ1) is 14.3. The number of fused-ring (bicyclic) bond motifs is 1. The molecular formula is C18H12Cl2N6O4. The van der Waals surface area contributed by atoms with Gasteiger partial charge in [0, 0.05) is 10.0 Å². The van der Waals surface area contributed by atoms with Crippen LogP contribution >= 0.6 is 23.2 Å². The standard InChI is InChI=1S/C18H12Cl2N6O4/c1-10-16-17(24(23-10)8-11-2-3-12(19)6-14(11)20)21-9-25(18(16)27)22-7-13-4-5-15(30-13)26(28)29/h2-7,9H,8H2,1H3/b22-7+. The number of furan rings is 1. The van der Waals surface area contributed by atoms with E-state index in [4.69, 9.17) is 27.6 Å². The fourth-order valence-electron chi connectivity index (χ4n) is 2.86. The molecule has 0 fully saturated rings. The third kappa shape index (κ3) is 3.70. The zero-order chi connectivity index (χ0) is 21.4. The van der Waals surface area contributed by atoms with E-state index in [2.05, 4.69) is 15.2 Å². The van der Waals surface area contributed by atoms with E-state index in [1.165, 1.54) is 24.7 Å². The molecule has 0 atom stereocenters. The van der Waals surface area contributed by atoms with E-state index < -0.39 is 16.4 Å². The first-order valence-electron chi connectivity index (χ1n) is 8.51. The van der Waals surface area contributed by atoms with E-state index in [0.717, 1.165) is 10.2 Å². The Kier molecular flexibility index (Phi) is 5.10. The SMILES string of the molecule is Cc1nn(Cc2ccc(Cl)cc2Cl)c2ncn(/N=C/c3ccc([N+](=O)[O-])o3)c(=O)c12. The van der Waals surface area contributed by atoms with Crippen molar-refractivity contribution >= 4 is 46.3 Å². The van der Waals surface area contributed by atoms with Crippen molar-refractivity contribution in [3.8, 4) is 0 Å². The Hall–Kier alpha value is -3.50. The Morgan fingerprint density at radius 1 is 1.30 bits per heavy atom. The summed E-state index contributed by atoms with van der Waals surface area (Å²) >= 11 is 12.2. The number of nitro groups is 1. The maximum Gasteiger partial charge on any atom is 0.433 e. The monoisotopic (exact) mass is 446 g/mol. The molecule has 0 spiro atoms. The molecule has 12 heteroatoms. The van der Waals surface area contributed by atoms with Gasteiger partial charge in [-0.05, 0) is 30.7 Å². The lowest BCUT2D eigenvalue weighted by Crippen LogP contribution is -2.17. The minimum atomic E-state index is -0.665. The molecule has 0 aliphatic heterocycles. The van der Waals surface area contributed by atoms with E-state index in [0.29, 0.717) is 33.3 Å². The zero-order valence-corrected chi connectivity index (χ0v) is 16.8. The van der Waals surface area contributed by atoms with Crippen LogP contribution in [0.25, 0.3) is 11.0 Å². The van der Waals surface area contributed by atoms with Crippen LogP contribution in [-0.4, -0.2) is 30.6 Å². The summed E-state index contributed by atoms with van der Waals surface area (Å²) < 4.78 is 7.56. The maximum atomic E-state index is 12.8. The van der Waals surface area contributed by atoms with Gasteiger partial charge in [0.2, 0.25) is 0 Å². The van der Waals surface area contributed by atoms with Crippen molar-refractivity contribution in [2.24, 2.45) is 5.10 Å². The molecular weight excluding hydrogens is 435 g/mol. The summed E-state index contributed by atoms with van der Waals surface area (Å²) in [6.07, 6.45) is 2.43. The number of rotatable bonds is 5. The van der Waals surface area contributed by atoms with Crippen LogP contribution < -0.4 is 5.56 Å². The molecule has 0 aliphatic rings. The van der Waals surface area contributed by atoms with Crippen LogP contribution in [0.15, 0.2) is 51.0 Å². The Balaban J connectivity index is 1.69. The Morgan fingerprint density at radius 3 is 2.80 bits per heavy atom. The second-order valence-corrected chi connectivity index (χ2v) is 7.09. The van der Waals surface area contributed by atoms with Crippen LogP contribution in [0.2, 0.25) is 10.0 Å². The Labute approximate surface area is 178 Å². The molecule has 3 aromatic heterocycles. The third-order valence-corrected chi connectivity index (χ3v) is 4.84. The molecule has 152 valence electrons. The fraction of sp³-hybridized carbons (Fsp3) is 0.111. The Morgan fingerprint density at radius 2 is 2.10 bits per heavy atom. The van der Waals surface area contributed by atoms with Gasteiger partial charge in [0.15, 0.2) is 11.4 Å². The summed E-state index contributed by atoms with van der Waals surface area (Å²) in [5.74, 6) is -0.297. The van der Waals surface area contributed by atoms with Crippen molar-refractivity contribution in [3.63, 3.8) is 0 Å². The first kappa shape index (κ1) is 19.8. The lowest BCUT2D eigenvalue weighted by molar-refractivity contribution is -0.402. The topological polar surface area (TPSA) is 121 Å². The van der Waals surface area contributed by atoms with Crippen molar-refractivity contribution in [2.75, 3.05) is 0 Å². The number of nitrogens with zero attached hydrogens (tertiary/aromatic N) is 6. The van der Waals surface area contributed by atoms with Gasteiger partial charge in [0.1, 0.15) is 16.6 Å². The minimum absolute atomic E-state index is 0.124. The summed E-state index contributed by atoms with van der Waals surface area (Å²) in [6, 6.07) is 7.70. The number of hydrogen-bond donors (Lipinski definition) is 0. The molecule has 0 radical (unpaired) electrons. The van der Waals surface area contributed by atoms with Gasteiger partial charge >= 0.3 is 5.88 Å². The molecule has 4 rings (SSSR count). The second kappa shape index (κ2) is 7.73. The highest BCUT2D eigenvalue weighted by molar-refractivity contribution is 6.35. The van der Waals surface area contributed by atoms with E-state index in [1.807, 2.05) is 0 Å². The first-order valence-corrected chi connectivity index (χ1v) is 9.26. The molecule has 0 bridgehead atoms. The average Bonchev–Trinajstić information content (AvgIpc) is 3.29. The summed E-state index contributed by atoms with van der Waals surface area (Å²) in [6.45, 7) is 1.99. The van der Waals surface area contributed by atoms with Gasteiger partial charge < -0.3 is 4.42 Å². The smallest absolute Gasteiger partial charge is 0.400 e. The lowest BCUT2D eigenvalue weighted by Gasteiger charge is -2.06. The molecule has 1 aromatic carbocycles. The molecule has 30 heavy (non-hydrogen) atoms. The van der Waals surface area contributed by atoms with E-state index >= 15 is 0 Å². The van der Waals surface area contributed by atoms with Gasteiger partial charge in [-0.3, -0.25) is 14.9 Å². The number of aromatic nitrogens is 4. The van der Waals surface area contributed by atoms with Crippen molar-refractivity contribution in [3.05, 3.63) is 84.2 Å². The van der Waals surface area contributed by atoms with Crippen molar-refractivity contribution < 1.29 is 9.34 Å². The summed E-state index contributed by atoms with van der Waals surface area (Å²) in [5, 5.41) is 20.4. The fourth-order valence-corrected chi connectivity index (χ4v) is 3.33. The highest BCUT2D eigenvalue weighted by Gasteiger charge is 2.16. The van der Waals surface area contributed by atoms with Gasteiger partial charge in [-0.15, -0.1) is 0 Å². The number of halogens is 2. The quantitative estimate of drug-likeness (QED) is 0.262. The van der Waals surface area contributed by atoms with Gasteiger partial charge in [-0.25, -0.2) is 9.67 Å². The number of hydrogen-bond acceptors (Lipinski definition) is 7. The minimum Gasteiger partial charge on any atom is -0.400 e. The zero-order valence-electron chi connectivity index (χ0n) is 15.3. The second-order valence-electron chi connectivity index (χ2n) is 6.25. The molecule has 0 N–H and O–H groups in total. The lowest BCUT2D eigenvalue weighted by atomic mass is 10.2. The largest absolute Gasteiger partial charge is 0.433 e. The van der Waals surface area contributed by atoms with Gasteiger partial charge in [-0.2, -0.15) is 14.9 Å². The van der Waals surface area contributed by atoms with Crippen LogP contribution in [0, 0.1) is 17.0 Å². The number of benzene rings is 1. The molecule has 10 nitrogen and oxygen atoms in total. The normalized spacial score (nSPS) is 11.6. The molecule has 3 heterocycles. The predicted octanol–water partition coefficient (Wildman–Crippen LogP) is 3.64. The Bertz CT molecular complexity index is 1370. The summed E-state index contributed by atoms with van der Waals surface area (Å²) in [5.41, 5.74) is 1.19. The van der Waals surface area contributed by atoms with E-state index in [1.54, 1.807) is 29.8 Å². The van der Waals surface area contributed by atoms with Crippen molar-refractivity contribution in [1.82, 2.24) is 19.4 Å². The summed E-state index contributed by atoms with van der Waals surface area (Å²) in [7, 11) is 0. The van der Waals surface area contributed by atoms with Crippen molar-refractivity contribution in [1.29, 1.82) is 0 Å². The molecule has 0 saturated carbocycles. The van der Waals surface area contributed by atoms with Crippen LogP contribution in [0.1, 0.15) is 17.0 Å². The molecule has 4 aromatic rings. The van der Waals surface area contributed by atoms with Gasteiger partial charge in [0.25, 0.3) is 5.56 Å². The van der Waals surface area contributed by atoms with Crippen LogP contribution in [0.5, 0.6) is 0 Å². The molecule has 0 aliphatic carbocycles. The van der Waals surface area contributed by atoms with Gasteiger partial charge in [0.05, 0.1) is 24.5 Å². The molecule has 0 saturated heterocycles. The highest BCUT2D eigenvalue weighted by Crippen LogP contribution is 2.23. The predicted molar refractivity (Wildman–Crippen MR) is 110 cm³/mol. The van der Waals surface area contributed by atoms with Crippen molar-refractivity contribution in [2.45, 2.75) is 13.5 Å². The van der Waals surface area contributed by atoms with Crippen LogP contribution in [-0.2, 0) is 6.54 Å². The maximum absolute atomic E-state index is 12.8. The highest BCUT2D eigenvalue weighted by atomic mass is 35.5. The van der Waals surface area contributed by atoms with Gasteiger partial charge in [-0.1, -0.05) is 29.3 Å². The molecule has 0 unspecified atom stereocenters. The summed E-state index contributed by atoms with van der Waals surface area (Å²) in [4.78, 5) is 27.1. The van der Waals surface area contributed by atoms with E-state index in [-0.39, 0.29) is 5.76 Å². The third-order valence-electron chi connectivity index (χ3n) is 4.25. The average molecular weight is 447 g/mol. The molecule has 0 amide bonds.